The first-order valence-electron chi connectivity index (χ1n) is 8.70. The summed E-state index contributed by atoms with van der Waals surface area (Å²) in [6.07, 6.45) is 0. The van der Waals surface area contributed by atoms with Crippen LogP contribution < -0.4 is 16.1 Å². The first-order chi connectivity index (χ1) is 13.2. The molecule has 148 valence electrons. The number of rotatable bonds is 3. The van der Waals surface area contributed by atoms with Crippen LogP contribution in [0.1, 0.15) is 11.1 Å². The summed E-state index contributed by atoms with van der Waals surface area (Å²) in [5.74, 6) is 0.225. The number of nitrogens with zero attached hydrogens (tertiary/aromatic N) is 5. The van der Waals surface area contributed by atoms with Crippen LogP contribution in [0.4, 0.5) is 5.82 Å². The summed E-state index contributed by atoms with van der Waals surface area (Å²) >= 11 is 0. The van der Waals surface area contributed by atoms with Crippen LogP contribution in [0.15, 0.2) is 38.8 Å². The fourth-order valence-electron chi connectivity index (χ4n) is 3.30. The van der Waals surface area contributed by atoms with E-state index >= 15 is 0 Å². The Morgan fingerprint density at radius 1 is 0.964 bits per heavy atom. The Morgan fingerprint density at radius 3 is 2.07 bits per heavy atom. The molecule has 0 spiro atoms. The van der Waals surface area contributed by atoms with E-state index in [4.69, 9.17) is 0 Å². The SMILES string of the molecule is Cc1ccc(S(=O)(=O)N2CCN(c3c(C#N)c(=O)n(C)c(=O)n3C)CC2)cc1. The van der Waals surface area contributed by atoms with Crippen molar-refractivity contribution in [1.29, 1.82) is 5.26 Å². The van der Waals surface area contributed by atoms with E-state index < -0.39 is 21.3 Å². The van der Waals surface area contributed by atoms with Gasteiger partial charge in [-0.1, -0.05) is 17.7 Å². The first kappa shape index (κ1) is 19.9. The summed E-state index contributed by atoms with van der Waals surface area (Å²) in [7, 11) is -0.812. The molecule has 0 unspecified atom stereocenters. The van der Waals surface area contributed by atoms with Crippen molar-refractivity contribution >= 4 is 15.8 Å². The molecule has 1 aromatic heterocycles. The normalized spacial score (nSPS) is 15.4. The standard InChI is InChI=1S/C18H21N5O4S/c1-13-4-6-14(7-5-13)28(26,27)23-10-8-22(9-11-23)16-15(12-19)17(24)21(3)18(25)20(16)2/h4-7H,8-11H2,1-3H3. The molecule has 0 atom stereocenters. The summed E-state index contributed by atoms with van der Waals surface area (Å²) in [6.45, 7) is 2.78. The lowest BCUT2D eigenvalue weighted by molar-refractivity contribution is 0.381. The number of hydrogen-bond donors (Lipinski definition) is 0. The molecule has 0 aliphatic carbocycles. The fourth-order valence-corrected chi connectivity index (χ4v) is 4.72. The zero-order valence-corrected chi connectivity index (χ0v) is 16.7. The molecule has 2 aromatic rings. The van der Waals surface area contributed by atoms with Crippen LogP contribution in [0.5, 0.6) is 0 Å². The lowest BCUT2D eigenvalue weighted by atomic mass is 10.2. The third kappa shape index (κ3) is 3.23. The monoisotopic (exact) mass is 403 g/mol. The van der Waals surface area contributed by atoms with Crippen LogP contribution in [-0.2, 0) is 24.1 Å². The number of benzene rings is 1. The fraction of sp³-hybridized carbons (Fsp3) is 0.389. The minimum atomic E-state index is -3.63. The Morgan fingerprint density at radius 2 is 1.54 bits per heavy atom. The summed E-state index contributed by atoms with van der Waals surface area (Å²) < 4.78 is 29.2. The number of aromatic nitrogens is 2. The molecule has 28 heavy (non-hydrogen) atoms. The molecule has 9 nitrogen and oxygen atoms in total. The van der Waals surface area contributed by atoms with Crippen molar-refractivity contribution in [2.24, 2.45) is 14.1 Å². The van der Waals surface area contributed by atoms with Gasteiger partial charge in [0, 0.05) is 40.3 Å². The number of sulfonamides is 1. The van der Waals surface area contributed by atoms with Gasteiger partial charge in [-0.25, -0.2) is 13.2 Å². The van der Waals surface area contributed by atoms with Gasteiger partial charge in [0.1, 0.15) is 11.9 Å². The number of aryl methyl sites for hydroxylation is 1. The maximum atomic E-state index is 12.8. The smallest absolute Gasteiger partial charge is 0.332 e. The topological polar surface area (TPSA) is 108 Å². The molecular formula is C18H21N5O4S. The lowest BCUT2D eigenvalue weighted by Gasteiger charge is -2.36. The van der Waals surface area contributed by atoms with E-state index in [9.17, 15) is 23.3 Å². The van der Waals surface area contributed by atoms with Crippen LogP contribution in [0.25, 0.3) is 0 Å². The van der Waals surface area contributed by atoms with Crippen molar-refractivity contribution in [3.05, 3.63) is 56.2 Å². The van der Waals surface area contributed by atoms with Gasteiger partial charge in [-0.15, -0.1) is 0 Å². The molecule has 0 bridgehead atoms. The van der Waals surface area contributed by atoms with Crippen LogP contribution in [0, 0.1) is 18.3 Å². The maximum Gasteiger partial charge on any atom is 0.332 e. The van der Waals surface area contributed by atoms with Crippen molar-refractivity contribution in [3.8, 4) is 6.07 Å². The van der Waals surface area contributed by atoms with Gasteiger partial charge >= 0.3 is 5.69 Å². The average Bonchev–Trinajstić information content (AvgIpc) is 2.69. The molecule has 1 aliphatic rings. The second kappa shape index (κ2) is 7.26. The van der Waals surface area contributed by atoms with E-state index in [2.05, 4.69) is 0 Å². The van der Waals surface area contributed by atoms with Gasteiger partial charge < -0.3 is 4.90 Å². The van der Waals surface area contributed by atoms with Crippen LogP contribution in [-0.4, -0.2) is 48.0 Å². The molecule has 1 aliphatic heterocycles. The van der Waals surface area contributed by atoms with Crippen molar-refractivity contribution in [3.63, 3.8) is 0 Å². The number of anilines is 1. The van der Waals surface area contributed by atoms with Crippen LogP contribution in [0.2, 0.25) is 0 Å². The molecule has 0 N–H and O–H groups in total. The minimum absolute atomic E-state index is 0.126. The second-order valence-electron chi connectivity index (χ2n) is 6.72. The van der Waals surface area contributed by atoms with Gasteiger partial charge in [-0.05, 0) is 19.1 Å². The van der Waals surface area contributed by atoms with Crippen molar-refractivity contribution in [1.82, 2.24) is 13.4 Å². The quantitative estimate of drug-likeness (QED) is 0.701. The Balaban J connectivity index is 1.89. The third-order valence-corrected chi connectivity index (χ3v) is 6.86. The van der Waals surface area contributed by atoms with Crippen LogP contribution in [0.3, 0.4) is 0 Å². The summed E-state index contributed by atoms with van der Waals surface area (Å²) in [6, 6.07) is 8.53. The van der Waals surface area contributed by atoms with E-state index in [-0.39, 0.29) is 42.5 Å². The molecule has 2 heterocycles. The van der Waals surface area contributed by atoms with E-state index in [0.717, 1.165) is 10.1 Å². The van der Waals surface area contributed by atoms with E-state index in [1.807, 2.05) is 13.0 Å². The van der Waals surface area contributed by atoms with E-state index in [1.54, 1.807) is 29.2 Å². The minimum Gasteiger partial charge on any atom is -0.354 e. The molecule has 10 heteroatoms. The maximum absolute atomic E-state index is 12.8. The predicted octanol–water partition coefficient (Wildman–Crippen LogP) is -0.225. The highest BCUT2D eigenvalue weighted by Gasteiger charge is 2.31. The highest BCUT2D eigenvalue weighted by Crippen LogP contribution is 2.21. The van der Waals surface area contributed by atoms with Gasteiger partial charge in [0.2, 0.25) is 10.0 Å². The molecule has 1 aromatic carbocycles. The second-order valence-corrected chi connectivity index (χ2v) is 8.66. The first-order valence-corrected chi connectivity index (χ1v) is 10.1. The molecule has 3 rings (SSSR count). The van der Waals surface area contributed by atoms with Crippen molar-refractivity contribution < 1.29 is 8.42 Å². The predicted molar refractivity (Wildman–Crippen MR) is 104 cm³/mol. The number of hydrogen-bond acceptors (Lipinski definition) is 6. The van der Waals surface area contributed by atoms with Gasteiger partial charge in [-0.3, -0.25) is 13.9 Å². The van der Waals surface area contributed by atoms with E-state index in [1.165, 1.54) is 23.0 Å². The average molecular weight is 403 g/mol. The molecule has 0 saturated carbocycles. The van der Waals surface area contributed by atoms with Gasteiger partial charge in [0.25, 0.3) is 5.56 Å². The summed E-state index contributed by atoms with van der Waals surface area (Å²) in [5.41, 5.74) is -0.345. The van der Waals surface area contributed by atoms with Crippen LogP contribution >= 0.6 is 0 Å². The lowest BCUT2D eigenvalue weighted by Crippen LogP contribution is -2.51. The Bertz CT molecular complexity index is 1160. The van der Waals surface area contributed by atoms with E-state index in [0.29, 0.717) is 0 Å². The zero-order chi connectivity index (χ0) is 20.6. The molecule has 0 amide bonds. The summed E-state index contributed by atoms with van der Waals surface area (Å²) in [5, 5.41) is 9.41. The Labute approximate surface area is 162 Å². The van der Waals surface area contributed by atoms with Gasteiger partial charge in [-0.2, -0.15) is 9.57 Å². The Hall–Kier alpha value is -2.90. The highest BCUT2D eigenvalue weighted by molar-refractivity contribution is 7.89. The zero-order valence-electron chi connectivity index (χ0n) is 15.9. The molecular weight excluding hydrogens is 382 g/mol. The number of piperazine rings is 1. The van der Waals surface area contributed by atoms with Crippen molar-refractivity contribution in [2.45, 2.75) is 11.8 Å². The molecule has 1 fully saturated rings. The molecule has 0 radical (unpaired) electrons. The third-order valence-electron chi connectivity index (χ3n) is 4.94. The van der Waals surface area contributed by atoms with Gasteiger partial charge in [0.05, 0.1) is 4.90 Å². The summed E-state index contributed by atoms with van der Waals surface area (Å²) in [4.78, 5) is 26.4. The molecule has 1 saturated heterocycles. The Kier molecular flexibility index (Phi) is 5.14. The van der Waals surface area contributed by atoms with Gasteiger partial charge in [0.15, 0.2) is 5.56 Å². The highest BCUT2D eigenvalue weighted by atomic mass is 32.2. The largest absolute Gasteiger partial charge is 0.354 e. The van der Waals surface area contributed by atoms with Crippen molar-refractivity contribution in [2.75, 3.05) is 31.1 Å². The number of nitriles is 1.